The molecule has 1 atom stereocenters. The Hall–Kier alpha value is -2.69. The van der Waals surface area contributed by atoms with Crippen molar-refractivity contribution in [3.05, 3.63) is 28.5 Å². The number of carbonyl (C=O) groups is 2. The minimum atomic E-state index is -4.75. The van der Waals surface area contributed by atoms with Gasteiger partial charge in [-0.25, -0.2) is 14.8 Å². The van der Waals surface area contributed by atoms with Gasteiger partial charge in [-0.1, -0.05) is 0 Å². The first-order valence-electron chi connectivity index (χ1n) is 9.69. The van der Waals surface area contributed by atoms with E-state index in [4.69, 9.17) is 0 Å². The minimum absolute atomic E-state index is 0.0209. The predicted molar refractivity (Wildman–Crippen MR) is 110 cm³/mol. The minimum Gasteiger partial charge on any atom is -0.476 e. The molecule has 2 aromatic heterocycles. The summed E-state index contributed by atoms with van der Waals surface area (Å²) in [4.78, 5) is 33.9. The molecule has 0 aliphatic carbocycles. The Balaban J connectivity index is 2.17. The molecular formula is C20H23F3N4O3S. The number of carboxylic acid groups (broad SMARTS) is 1. The second kappa shape index (κ2) is 8.10. The van der Waals surface area contributed by atoms with E-state index >= 15 is 0 Å². The van der Waals surface area contributed by atoms with Crippen molar-refractivity contribution < 1.29 is 27.9 Å². The maximum absolute atomic E-state index is 13.9. The second-order valence-electron chi connectivity index (χ2n) is 8.48. The van der Waals surface area contributed by atoms with Crippen LogP contribution in [-0.4, -0.2) is 50.0 Å². The lowest BCUT2D eigenvalue weighted by atomic mass is 10.1. The highest BCUT2D eigenvalue weighted by Gasteiger charge is 2.38. The maximum atomic E-state index is 13.9. The van der Waals surface area contributed by atoms with E-state index in [1.54, 1.807) is 20.8 Å². The first-order valence-corrected chi connectivity index (χ1v) is 10.5. The third-order valence-electron chi connectivity index (χ3n) is 4.78. The smallest absolute Gasteiger partial charge is 0.417 e. The number of rotatable bonds is 4. The lowest BCUT2D eigenvalue weighted by Gasteiger charge is -2.23. The largest absolute Gasteiger partial charge is 0.476 e. The monoisotopic (exact) mass is 456 g/mol. The molecule has 3 rings (SSSR count). The van der Waals surface area contributed by atoms with Crippen molar-refractivity contribution >= 4 is 29.0 Å². The Morgan fingerprint density at radius 1 is 1.29 bits per heavy atom. The van der Waals surface area contributed by atoms with Crippen LogP contribution in [0.15, 0.2) is 12.3 Å². The molecule has 1 amide bonds. The van der Waals surface area contributed by atoms with Crippen LogP contribution < -0.4 is 5.32 Å². The molecule has 3 heterocycles. The van der Waals surface area contributed by atoms with Crippen LogP contribution >= 0.6 is 11.3 Å². The summed E-state index contributed by atoms with van der Waals surface area (Å²) < 4.78 is 41.8. The first kappa shape index (κ1) is 23.0. The number of halogens is 3. The van der Waals surface area contributed by atoms with Crippen LogP contribution in [-0.2, 0) is 6.18 Å². The molecular weight excluding hydrogens is 433 g/mol. The second-order valence-corrected chi connectivity index (χ2v) is 9.48. The lowest BCUT2D eigenvalue weighted by molar-refractivity contribution is -0.137. The van der Waals surface area contributed by atoms with Gasteiger partial charge in [0.1, 0.15) is 11.5 Å². The summed E-state index contributed by atoms with van der Waals surface area (Å²) in [5, 5.41) is 11.8. The molecule has 1 aliphatic heterocycles. The zero-order valence-corrected chi connectivity index (χ0v) is 18.3. The van der Waals surface area contributed by atoms with Crippen LogP contribution in [0.3, 0.4) is 0 Å². The molecule has 0 aromatic carbocycles. The Bertz CT molecular complexity index is 1010. The van der Waals surface area contributed by atoms with Crippen molar-refractivity contribution in [1.29, 1.82) is 0 Å². The van der Waals surface area contributed by atoms with Gasteiger partial charge >= 0.3 is 12.1 Å². The summed E-state index contributed by atoms with van der Waals surface area (Å²) in [5.41, 5.74) is -2.20. The molecule has 0 bridgehead atoms. The molecule has 11 heteroatoms. The Morgan fingerprint density at radius 3 is 2.48 bits per heavy atom. The average Bonchev–Trinajstić information content (AvgIpc) is 3.25. The van der Waals surface area contributed by atoms with Gasteiger partial charge in [0.15, 0.2) is 0 Å². The number of pyridine rings is 1. The summed E-state index contributed by atoms with van der Waals surface area (Å²) in [6.07, 6.45) is -2.21. The highest BCUT2D eigenvalue weighted by Crippen LogP contribution is 2.42. The maximum Gasteiger partial charge on any atom is 0.417 e. The van der Waals surface area contributed by atoms with Crippen molar-refractivity contribution in [3.63, 3.8) is 0 Å². The number of amides is 1. The van der Waals surface area contributed by atoms with E-state index in [9.17, 15) is 27.9 Å². The van der Waals surface area contributed by atoms with Crippen molar-refractivity contribution in [2.75, 3.05) is 11.9 Å². The molecule has 7 nitrogen and oxygen atoms in total. The third-order valence-corrected chi connectivity index (χ3v) is 5.86. The summed E-state index contributed by atoms with van der Waals surface area (Å²) in [6, 6.07) is 0.766. The number of nitrogens with one attached hydrogen (secondary N) is 1. The molecule has 0 spiro atoms. The van der Waals surface area contributed by atoms with E-state index < -0.39 is 34.2 Å². The van der Waals surface area contributed by atoms with Gasteiger partial charge in [-0.05, 0) is 46.6 Å². The number of thiazole rings is 1. The zero-order chi connectivity index (χ0) is 23.1. The van der Waals surface area contributed by atoms with Gasteiger partial charge in [0.25, 0.3) is 5.91 Å². The Kier molecular flexibility index (Phi) is 6.01. The quantitative estimate of drug-likeness (QED) is 0.689. The number of alkyl halides is 3. The number of hydrogen-bond acceptors (Lipinski definition) is 6. The normalized spacial score (nSPS) is 17.1. The van der Waals surface area contributed by atoms with Gasteiger partial charge in [-0.2, -0.15) is 13.2 Å². The number of nitrogens with zero attached hydrogens (tertiary/aromatic N) is 3. The molecule has 0 radical (unpaired) electrons. The van der Waals surface area contributed by atoms with Crippen molar-refractivity contribution in [3.8, 4) is 10.4 Å². The van der Waals surface area contributed by atoms with E-state index in [-0.39, 0.29) is 28.0 Å². The number of anilines is 1. The molecule has 2 aromatic rings. The fourth-order valence-electron chi connectivity index (χ4n) is 3.43. The Labute approximate surface area is 181 Å². The van der Waals surface area contributed by atoms with Gasteiger partial charge in [0.2, 0.25) is 5.01 Å². The molecule has 168 valence electrons. The number of hydrogen-bond donors (Lipinski definition) is 2. The van der Waals surface area contributed by atoms with Gasteiger partial charge < -0.3 is 15.3 Å². The van der Waals surface area contributed by atoms with Gasteiger partial charge in [-0.15, -0.1) is 11.3 Å². The van der Waals surface area contributed by atoms with Crippen molar-refractivity contribution in [1.82, 2.24) is 14.9 Å². The van der Waals surface area contributed by atoms with Crippen LogP contribution in [0.1, 0.15) is 66.4 Å². The van der Waals surface area contributed by atoms with E-state index in [1.165, 1.54) is 4.90 Å². The van der Waals surface area contributed by atoms with Crippen LogP contribution in [0.4, 0.5) is 19.0 Å². The van der Waals surface area contributed by atoms with E-state index in [0.29, 0.717) is 17.9 Å². The number of carbonyl (C=O) groups excluding carboxylic acids is 1. The summed E-state index contributed by atoms with van der Waals surface area (Å²) >= 11 is 0.540. The molecule has 2 N–H and O–H groups in total. The zero-order valence-electron chi connectivity index (χ0n) is 17.5. The molecule has 0 unspecified atom stereocenters. The van der Waals surface area contributed by atoms with Crippen LogP contribution in [0.5, 0.6) is 0 Å². The number of aromatic nitrogens is 2. The lowest BCUT2D eigenvalue weighted by Crippen LogP contribution is -2.34. The Morgan fingerprint density at radius 2 is 1.97 bits per heavy atom. The fraction of sp³-hybridized carbons (Fsp3) is 0.500. The molecule has 1 fully saturated rings. The van der Waals surface area contributed by atoms with Crippen molar-refractivity contribution in [2.24, 2.45) is 0 Å². The fourth-order valence-corrected chi connectivity index (χ4v) is 4.35. The molecule has 31 heavy (non-hydrogen) atoms. The average molecular weight is 456 g/mol. The SMILES string of the molecule is C[C@H]1CCCN1C(=O)c1nc(C(=O)O)sc1-c1cnc(NC(C)(C)C)cc1C(F)(F)F. The summed E-state index contributed by atoms with van der Waals surface area (Å²) in [6.45, 7) is 7.63. The molecule has 0 saturated carbocycles. The highest BCUT2D eigenvalue weighted by atomic mass is 32.1. The topological polar surface area (TPSA) is 95.4 Å². The third kappa shape index (κ3) is 4.97. The predicted octanol–water partition coefficient (Wildman–Crippen LogP) is 4.76. The van der Waals surface area contributed by atoms with Gasteiger partial charge in [0, 0.05) is 29.9 Å². The summed E-state index contributed by atoms with van der Waals surface area (Å²) in [7, 11) is 0. The molecule has 1 saturated heterocycles. The van der Waals surface area contributed by atoms with Gasteiger partial charge in [-0.3, -0.25) is 4.79 Å². The van der Waals surface area contributed by atoms with Crippen LogP contribution in [0, 0.1) is 0 Å². The van der Waals surface area contributed by atoms with Gasteiger partial charge in [0.05, 0.1) is 10.4 Å². The summed E-state index contributed by atoms with van der Waals surface area (Å²) in [5.74, 6) is -1.96. The highest BCUT2D eigenvalue weighted by molar-refractivity contribution is 7.17. The van der Waals surface area contributed by atoms with Crippen LogP contribution in [0.25, 0.3) is 10.4 Å². The number of likely N-dealkylation sites (tertiary alicyclic amines) is 1. The standard InChI is InChI=1S/C20H23F3N4O3S/c1-10-6-5-7-27(10)17(28)14-15(31-16(25-14)18(29)30)11-9-24-13(26-19(2,3)4)8-12(11)20(21,22)23/h8-10H,5-7H2,1-4H3,(H,24,26)(H,29,30)/t10-/m0/s1. The molecule has 1 aliphatic rings. The van der Waals surface area contributed by atoms with E-state index in [0.717, 1.165) is 25.1 Å². The first-order chi connectivity index (χ1) is 14.3. The van der Waals surface area contributed by atoms with E-state index in [2.05, 4.69) is 15.3 Å². The number of aromatic carboxylic acids is 1. The number of carboxylic acids is 1. The van der Waals surface area contributed by atoms with E-state index in [1.807, 2.05) is 6.92 Å². The van der Waals surface area contributed by atoms with Crippen molar-refractivity contribution in [2.45, 2.75) is 58.3 Å². The van der Waals surface area contributed by atoms with Crippen LogP contribution in [0.2, 0.25) is 0 Å².